The van der Waals surface area contributed by atoms with Gasteiger partial charge >= 0.3 is 71.6 Å². The molecule has 6 atom stereocenters. The van der Waals surface area contributed by atoms with Gasteiger partial charge in [0.05, 0.1) is 68.9 Å². The zero-order valence-corrected chi connectivity index (χ0v) is 78.7. The molecule has 18 nitrogen and oxygen atoms in total. The molecule has 0 spiro atoms. The molecular weight excluding hydrogens is 1450 g/mol. The molecule has 0 N–H and O–H groups in total. The maximum absolute atomic E-state index is 11.4. The Hall–Kier alpha value is -8.80. The van der Waals surface area contributed by atoms with Gasteiger partial charge in [0, 0.05) is 0 Å². The lowest BCUT2D eigenvalue weighted by Crippen LogP contribution is -2.27. The highest BCUT2D eigenvalue weighted by Crippen LogP contribution is 2.39. The monoisotopic (exact) mass is 1610 g/mol. The third-order valence-corrected chi connectivity index (χ3v) is 15.9. The summed E-state index contributed by atoms with van der Waals surface area (Å²) in [7, 11) is 0. The van der Waals surface area contributed by atoms with Crippen molar-refractivity contribution in [3.8, 4) is 0 Å². The number of benzene rings is 5. The number of fused-ring (bicyclic) bond motifs is 9. The molecule has 10 aliphatic rings. The largest absolute Gasteiger partial charge is 0.393 e. The molecule has 6 heterocycles. The minimum atomic E-state index is -0.555. The molecule has 15 rings (SSSR count). The molecule has 6 aliphatic heterocycles. The molecule has 3 saturated heterocycles. The Balaban J connectivity index is -0.000000155. The lowest BCUT2D eigenvalue weighted by molar-refractivity contribution is -0.155. The molecule has 0 bridgehead atoms. The van der Waals surface area contributed by atoms with Crippen LogP contribution < -0.4 is 0 Å². The van der Waals surface area contributed by atoms with Crippen molar-refractivity contribution < 1.29 is 86.0 Å². The number of cyclic esters (lactones) is 12. The van der Waals surface area contributed by atoms with Crippen molar-refractivity contribution in [2.45, 2.75) is 346 Å². The quantitative estimate of drug-likeness (QED) is 0.0792. The molecule has 0 amide bonds. The second-order valence-electron chi connectivity index (χ2n) is 20.7. The summed E-state index contributed by atoms with van der Waals surface area (Å²) < 4.78 is 27.2. The fourth-order valence-corrected chi connectivity index (χ4v) is 11.7. The number of esters is 12. The Morgan fingerprint density at radius 1 is 0.200 bits per heavy atom. The molecule has 5 aromatic carbocycles. The van der Waals surface area contributed by atoms with E-state index in [2.05, 4.69) is 28.4 Å². The normalized spacial score (nSPS) is 17.5. The van der Waals surface area contributed by atoms with Gasteiger partial charge in [0.15, 0.2) is 0 Å². The van der Waals surface area contributed by atoms with Gasteiger partial charge in [0.25, 0.3) is 0 Å². The third kappa shape index (κ3) is 40.6. The number of aryl methyl sites for hydroxylation is 2. The zero-order chi connectivity index (χ0) is 91.5. The van der Waals surface area contributed by atoms with Gasteiger partial charge in [-0.1, -0.05) is 342 Å². The first kappa shape index (κ1) is 124. The highest BCUT2D eigenvalue weighted by Gasteiger charge is 2.48. The molecule has 2 saturated carbocycles. The van der Waals surface area contributed by atoms with Gasteiger partial charge in [0.2, 0.25) is 0 Å². The van der Waals surface area contributed by atoms with Crippen LogP contribution in [0.5, 0.6) is 0 Å². The maximum atomic E-state index is 11.4. The SMILES string of the molecule is CC.CC.CC.CC.CC.CC.CC.CC.CC.CC.CC.CC.CC.CC.CC.CC.CC.CC.O=C1OC(=O)C2CCCCC12.O=C1OC(=O)C2CCCCCC12.O=C1OC(=O)C2Cc3ccccc3CC12.O=C1OC(=O)c2cc3c(cc21)CCCC3.O=C1OC(=O)c2cc3ccccc3cc21.O=C1OC(=O)c2ccccc21. The molecule has 0 aromatic heterocycles. The first-order valence-corrected chi connectivity index (χ1v) is 44.5. The van der Waals surface area contributed by atoms with E-state index in [1.165, 1.54) is 22.3 Å². The van der Waals surface area contributed by atoms with E-state index in [4.69, 9.17) is 0 Å². The predicted molar refractivity (Wildman–Crippen MR) is 477 cm³/mol. The predicted octanol–water partition coefficient (Wildman–Crippen LogP) is 26.7. The summed E-state index contributed by atoms with van der Waals surface area (Å²) in [4.78, 5) is 134. The van der Waals surface area contributed by atoms with Gasteiger partial charge in [0.1, 0.15) is 0 Å². The molecule has 18 heteroatoms. The molecule has 656 valence electrons. The van der Waals surface area contributed by atoms with Crippen molar-refractivity contribution in [3.63, 3.8) is 0 Å². The summed E-state index contributed by atoms with van der Waals surface area (Å²) in [6.45, 7) is 72.0. The fraction of sp³-hybridized carbons (Fsp3) is 0.588. The zero-order valence-electron chi connectivity index (χ0n) is 78.7. The smallest absolute Gasteiger partial charge is 0.346 e. The van der Waals surface area contributed by atoms with E-state index in [1.807, 2.05) is 310 Å². The lowest BCUT2D eigenvalue weighted by Gasteiger charge is -2.22. The van der Waals surface area contributed by atoms with Crippen molar-refractivity contribution >= 4 is 82.4 Å². The summed E-state index contributed by atoms with van der Waals surface area (Å²) >= 11 is 0. The van der Waals surface area contributed by atoms with E-state index in [1.54, 1.807) is 36.4 Å². The summed E-state index contributed by atoms with van der Waals surface area (Å²) in [5, 5.41) is 1.87. The van der Waals surface area contributed by atoms with Crippen molar-refractivity contribution in [2.75, 3.05) is 0 Å². The topological polar surface area (TPSA) is 260 Å². The van der Waals surface area contributed by atoms with Gasteiger partial charge in [-0.05, 0) is 134 Å². The fourth-order valence-electron chi connectivity index (χ4n) is 11.7. The Morgan fingerprint density at radius 2 is 0.400 bits per heavy atom. The summed E-state index contributed by atoms with van der Waals surface area (Å²) in [6, 6.07) is 29.1. The van der Waals surface area contributed by atoms with Crippen LogP contribution in [0.3, 0.4) is 0 Å². The minimum absolute atomic E-state index is 0.101. The van der Waals surface area contributed by atoms with E-state index in [0.717, 1.165) is 94.2 Å². The van der Waals surface area contributed by atoms with Gasteiger partial charge < -0.3 is 28.4 Å². The van der Waals surface area contributed by atoms with Crippen molar-refractivity contribution in [1.29, 1.82) is 0 Å². The van der Waals surface area contributed by atoms with Gasteiger partial charge in [-0.2, -0.15) is 0 Å². The minimum Gasteiger partial charge on any atom is -0.393 e. The van der Waals surface area contributed by atoms with Crippen molar-refractivity contribution in [2.24, 2.45) is 35.5 Å². The molecule has 5 fully saturated rings. The van der Waals surface area contributed by atoms with Crippen LogP contribution in [0.4, 0.5) is 0 Å². The third-order valence-electron chi connectivity index (χ3n) is 15.9. The number of hydrogen-bond acceptors (Lipinski definition) is 18. The lowest BCUT2D eigenvalue weighted by atomic mass is 9.77. The molecule has 6 unspecified atom stereocenters. The number of carbonyl (C=O) groups excluding carboxylic acids is 12. The summed E-state index contributed by atoms with van der Waals surface area (Å²) in [6.07, 6.45) is 14.4. The van der Waals surface area contributed by atoms with Crippen LogP contribution in [0.15, 0.2) is 97.1 Å². The molecule has 5 aromatic rings. The number of rotatable bonds is 0. The highest BCUT2D eigenvalue weighted by molar-refractivity contribution is 6.17. The summed E-state index contributed by atoms with van der Waals surface area (Å²) in [5.74, 6) is -5.96. The van der Waals surface area contributed by atoms with Crippen LogP contribution in [0.1, 0.15) is 404 Å². The standard InChI is InChI=1S/2C12H10O3.C12H6O3.C9H12O3.C8H10O3.C8H4O3.18C2H6/c3*13-11-9-5-7-3-1-2-4-8(7)6-10(9)12(14)15-11;10-8-6-4-2-1-3-5-7(6)9(11)12-8;2*9-7-5-3-1-2-4-6(5)8(10)11-7;18*1-2/h5-6H,1-4H2;1-4,9-10H,5-6H2;1-6H;6-7H,1-5H2;5-6H,1-4H2;1-4H;18*1-2H3. The first-order chi connectivity index (χ1) is 56.1. The number of ether oxygens (including phenoxy) is 6. The number of hydrogen-bond donors (Lipinski definition) is 0. The van der Waals surface area contributed by atoms with Gasteiger partial charge in [-0.3, -0.25) is 28.8 Å². The van der Waals surface area contributed by atoms with Crippen LogP contribution in [-0.2, 0) is 82.9 Å². The number of carbonyl (C=O) groups is 12. The molecular formula is C97H160O18. The van der Waals surface area contributed by atoms with Crippen LogP contribution in [-0.4, -0.2) is 71.6 Å². The van der Waals surface area contributed by atoms with Gasteiger partial charge in [-0.15, -0.1) is 0 Å². The second kappa shape index (κ2) is 81.8. The van der Waals surface area contributed by atoms with Crippen LogP contribution in [0, 0.1) is 35.5 Å². The van der Waals surface area contributed by atoms with Crippen molar-refractivity contribution in [3.05, 3.63) is 153 Å². The average molecular weight is 1610 g/mol. The first-order valence-electron chi connectivity index (χ1n) is 44.5. The molecule has 0 radical (unpaired) electrons. The second-order valence-corrected chi connectivity index (χ2v) is 20.7. The highest BCUT2D eigenvalue weighted by atomic mass is 16.6. The Kier molecular flexibility index (Phi) is 88.4. The Bertz CT molecular complexity index is 3220. The van der Waals surface area contributed by atoms with Crippen LogP contribution in [0.25, 0.3) is 10.8 Å². The van der Waals surface area contributed by atoms with Crippen LogP contribution in [0.2, 0.25) is 0 Å². The van der Waals surface area contributed by atoms with Gasteiger partial charge in [-0.25, -0.2) is 28.8 Å². The van der Waals surface area contributed by atoms with E-state index < -0.39 is 35.8 Å². The average Bonchev–Trinajstić information content (AvgIpc) is 1.75. The van der Waals surface area contributed by atoms with E-state index >= 15 is 0 Å². The van der Waals surface area contributed by atoms with E-state index in [-0.39, 0.29) is 71.3 Å². The van der Waals surface area contributed by atoms with Crippen molar-refractivity contribution in [1.82, 2.24) is 0 Å². The Morgan fingerprint density at radius 3 is 0.652 bits per heavy atom. The maximum Gasteiger partial charge on any atom is 0.346 e. The Labute approximate surface area is 698 Å². The molecule has 115 heavy (non-hydrogen) atoms. The van der Waals surface area contributed by atoms with E-state index in [9.17, 15) is 57.5 Å². The van der Waals surface area contributed by atoms with Crippen LogP contribution >= 0.6 is 0 Å². The molecule has 4 aliphatic carbocycles. The van der Waals surface area contributed by atoms with E-state index in [0.29, 0.717) is 46.2 Å². The summed E-state index contributed by atoms with van der Waals surface area (Å²) in [5.41, 5.74) is 7.07.